The molecular weight excluding hydrogens is 396 g/mol. The second-order valence-electron chi connectivity index (χ2n) is 7.43. The van der Waals surface area contributed by atoms with E-state index in [0.29, 0.717) is 29.7 Å². The first kappa shape index (κ1) is 22.2. The van der Waals surface area contributed by atoms with E-state index in [2.05, 4.69) is 0 Å². The number of allylic oxidation sites excluding steroid dienone is 1. The molecule has 0 aliphatic carbocycles. The molecule has 0 aromatic heterocycles. The third-order valence-corrected chi connectivity index (χ3v) is 5.84. The highest BCUT2D eigenvalue weighted by atomic mass is 16.6. The average molecular weight is 422 g/mol. The summed E-state index contributed by atoms with van der Waals surface area (Å²) in [6.45, 7) is 3.67. The maximum Gasteiger partial charge on any atom is 0.421 e. The van der Waals surface area contributed by atoms with E-state index in [1.807, 2.05) is 50.2 Å². The zero-order valence-electron chi connectivity index (χ0n) is 17.9. The summed E-state index contributed by atoms with van der Waals surface area (Å²) in [5, 5.41) is 11.5. The highest BCUT2D eigenvalue weighted by Gasteiger charge is 2.41. The molecule has 2 amide bonds. The minimum Gasteiger partial charge on any atom is -0.452 e. The van der Waals surface area contributed by atoms with Gasteiger partial charge in [-0.05, 0) is 30.4 Å². The van der Waals surface area contributed by atoms with Crippen LogP contribution in [0.1, 0.15) is 43.7 Å². The SMILES string of the molecule is CC/C(=C1/C(=O)N(C(=O)OC)c2ccccc21)[C@H](CC)[C@@H](C[N+](=O)[O-])c1ccccc1. The van der Waals surface area contributed by atoms with E-state index in [1.165, 1.54) is 7.11 Å². The summed E-state index contributed by atoms with van der Waals surface area (Å²) in [4.78, 5) is 38.0. The highest BCUT2D eigenvalue weighted by Crippen LogP contribution is 2.44. The van der Waals surface area contributed by atoms with Crippen LogP contribution in [0.3, 0.4) is 0 Å². The van der Waals surface area contributed by atoms with Crippen molar-refractivity contribution in [3.63, 3.8) is 0 Å². The fourth-order valence-electron chi connectivity index (χ4n) is 4.52. The predicted molar refractivity (Wildman–Crippen MR) is 118 cm³/mol. The predicted octanol–water partition coefficient (Wildman–Crippen LogP) is 5.05. The number of rotatable bonds is 7. The van der Waals surface area contributed by atoms with E-state index in [1.54, 1.807) is 18.2 Å². The molecule has 1 heterocycles. The maximum atomic E-state index is 13.4. The number of nitro groups is 1. The lowest BCUT2D eigenvalue weighted by molar-refractivity contribution is -0.484. The Morgan fingerprint density at radius 3 is 2.32 bits per heavy atom. The third-order valence-electron chi connectivity index (χ3n) is 5.84. The van der Waals surface area contributed by atoms with Gasteiger partial charge in [-0.3, -0.25) is 14.9 Å². The van der Waals surface area contributed by atoms with Crippen molar-refractivity contribution in [1.82, 2.24) is 0 Å². The quantitative estimate of drug-likeness (QED) is 0.354. The molecule has 2 aromatic carbocycles. The van der Waals surface area contributed by atoms with Crippen LogP contribution in [0.5, 0.6) is 0 Å². The molecule has 0 fully saturated rings. The largest absolute Gasteiger partial charge is 0.452 e. The summed E-state index contributed by atoms with van der Waals surface area (Å²) in [5.74, 6) is -1.07. The second-order valence-corrected chi connectivity index (χ2v) is 7.43. The zero-order chi connectivity index (χ0) is 22.5. The van der Waals surface area contributed by atoms with Crippen molar-refractivity contribution in [2.24, 2.45) is 5.92 Å². The van der Waals surface area contributed by atoms with Gasteiger partial charge >= 0.3 is 6.09 Å². The van der Waals surface area contributed by atoms with Gasteiger partial charge in [-0.15, -0.1) is 0 Å². The monoisotopic (exact) mass is 422 g/mol. The van der Waals surface area contributed by atoms with E-state index in [-0.39, 0.29) is 17.4 Å². The Labute approximate surface area is 181 Å². The summed E-state index contributed by atoms with van der Waals surface area (Å²) in [5.41, 5.74) is 3.25. The topological polar surface area (TPSA) is 89.8 Å². The van der Waals surface area contributed by atoms with Crippen LogP contribution in [0.4, 0.5) is 10.5 Å². The van der Waals surface area contributed by atoms with Gasteiger partial charge in [-0.1, -0.05) is 68.0 Å². The van der Waals surface area contributed by atoms with Crippen molar-refractivity contribution < 1.29 is 19.2 Å². The number of amides is 2. The van der Waals surface area contributed by atoms with Crippen LogP contribution in [0.15, 0.2) is 60.2 Å². The van der Waals surface area contributed by atoms with Crippen LogP contribution < -0.4 is 4.90 Å². The lowest BCUT2D eigenvalue weighted by Crippen LogP contribution is -2.34. The summed E-state index contributed by atoms with van der Waals surface area (Å²) in [6, 6.07) is 16.5. The Hall–Kier alpha value is -3.48. The van der Waals surface area contributed by atoms with Crippen molar-refractivity contribution in [3.05, 3.63) is 81.4 Å². The van der Waals surface area contributed by atoms with Crippen LogP contribution in [0.25, 0.3) is 5.57 Å². The molecule has 1 aliphatic rings. The molecular formula is C24H26N2O5. The van der Waals surface area contributed by atoms with E-state index < -0.39 is 17.9 Å². The first-order valence-electron chi connectivity index (χ1n) is 10.4. The van der Waals surface area contributed by atoms with E-state index in [4.69, 9.17) is 4.74 Å². The second kappa shape index (κ2) is 9.55. The van der Waals surface area contributed by atoms with Crippen molar-refractivity contribution in [2.45, 2.75) is 32.6 Å². The molecule has 0 unspecified atom stereocenters. The number of ether oxygens (including phenoxy) is 1. The molecule has 7 heteroatoms. The standard InChI is InChI=1S/C24H26N2O5/c1-4-17(20(15-25(29)30)16-11-7-6-8-12-16)18(5-2)22-19-13-9-10-14-21(19)26(23(22)27)24(28)31-3/h6-14,17,20H,4-5,15H2,1-3H3/b22-18-/t17-,20-/m0/s1. The van der Waals surface area contributed by atoms with Gasteiger partial charge in [0.1, 0.15) is 0 Å². The molecule has 2 atom stereocenters. The van der Waals surface area contributed by atoms with Gasteiger partial charge in [0.2, 0.25) is 6.54 Å². The molecule has 0 spiro atoms. The van der Waals surface area contributed by atoms with Gasteiger partial charge < -0.3 is 4.74 Å². The van der Waals surface area contributed by atoms with Crippen LogP contribution in [-0.4, -0.2) is 30.6 Å². The van der Waals surface area contributed by atoms with E-state index >= 15 is 0 Å². The van der Waals surface area contributed by atoms with Crippen molar-refractivity contribution >= 4 is 23.3 Å². The number of methoxy groups -OCH3 is 1. The van der Waals surface area contributed by atoms with E-state index in [0.717, 1.165) is 16.0 Å². The molecule has 2 aromatic rings. The van der Waals surface area contributed by atoms with Crippen LogP contribution in [0.2, 0.25) is 0 Å². The number of para-hydroxylation sites is 1. The van der Waals surface area contributed by atoms with Gasteiger partial charge in [-0.25, -0.2) is 9.69 Å². The minimum atomic E-state index is -0.749. The maximum absolute atomic E-state index is 13.4. The lowest BCUT2D eigenvalue weighted by Gasteiger charge is -2.27. The number of benzene rings is 2. The van der Waals surface area contributed by atoms with Gasteiger partial charge in [-0.2, -0.15) is 0 Å². The first-order valence-corrected chi connectivity index (χ1v) is 10.4. The highest BCUT2D eigenvalue weighted by molar-refractivity contribution is 6.39. The van der Waals surface area contributed by atoms with Crippen molar-refractivity contribution in [1.29, 1.82) is 0 Å². The number of anilines is 1. The summed E-state index contributed by atoms with van der Waals surface area (Å²) in [7, 11) is 1.23. The Morgan fingerprint density at radius 2 is 1.74 bits per heavy atom. The molecule has 0 N–H and O–H groups in total. The van der Waals surface area contributed by atoms with Gasteiger partial charge in [0, 0.05) is 16.1 Å². The number of fused-ring (bicyclic) bond motifs is 1. The van der Waals surface area contributed by atoms with Crippen molar-refractivity contribution in [3.8, 4) is 0 Å². The molecule has 0 saturated carbocycles. The third kappa shape index (κ3) is 4.21. The van der Waals surface area contributed by atoms with E-state index in [9.17, 15) is 19.7 Å². The molecule has 162 valence electrons. The number of hydrogen-bond acceptors (Lipinski definition) is 5. The van der Waals surface area contributed by atoms with Gasteiger partial charge in [0.15, 0.2) is 0 Å². The first-order chi connectivity index (χ1) is 14.9. The molecule has 7 nitrogen and oxygen atoms in total. The Balaban J connectivity index is 2.20. The molecule has 0 saturated heterocycles. The number of nitrogens with zero attached hydrogens (tertiary/aromatic N) is 2. The van der Waals surface area contributed by atoms with Gasteiger partial charge in [0.05, 0.1) is 18.7 Å². The van der Waals surface area contributed by atoms with Crippen LogP contribution in [-0.2, 0) is 9.53 Å². The normalized spacial score (nSPS) is 16.5. The lowest BCUT2D eigenvalue weighted by atomic mass is 9.76. The number of imide groups is 1. The van der Waals surface area contributed by atoms with Gasteiger partial charge in [0.25, 0.3) is 5.91 Å². The Kier molecular flexibility index (Phi) is 6.84. The Morgan fingerprint density at radius 1 is 1.10 bits per heavy atom. The minimum absolute atomic E-state index is 0.234. The number of hydrogen-bond donors (Lipinski definition) is 0. The van der Waals surface area contributed by atoms with Crippen LogP contribution in [0, 0.1) is 16.0 Å². The van der Waals surface area contributed by atoms with Crippen LogP contribution >= 0.6 is 0 Å². The zero-order valence-corrected chi connectivity index (χ0v) is 17.9. The summed E-state index contributed by atoms with van der Waals surface area (Å²) >= 11 is 0. The molecule has 31 heavy (non-hydrogen) atoms. The number of carbonyl (C=O) groups is 2. The number of carbonyl (C=O) groups excluding carboxylic acids is 2. The molecule has 1 aliphatic heterocycles. The molecule has 0 radical (unpaired) electrons. The summed E-state index contributed by atoms with van der Waals surface area (Å²) < 4.78 is 4.83. The average Bonchev–Trinajstić information content (AvgIpc) is 3.07. The van der Waals surface area contributed by atoms with Crippen molar-refractivity contribution in [2.75, 3.05) is 18.6 Å². The summed E-state index contributed by atoms with van der Waals surface area (Å²) in [6.07, 6.45) is 0.401. The Bertz CT molecular complexity index is 1020. The fourth-order valence-corrected chi connectivity index (χ4v) is 4.52. The molecule has 3 rings (SSSR count). The smallest absolute Gasteiger partial charge is 0.421 e. The molecule has 0 bridgehead atoms. The fraction of sp³-hybridized carbons (Fsp3) is 0.333.